The highest BCUT2D eigenvalue weighted by Crippen LogP contribution is 2.40. The summed E-state index contributed by atoms with van der Waals surface area (Å²) < 4.78 is 7.50. The topological polar surface area (TPSA) is 9.86 Å². The molecule has 0 fully saturated rings. The lowest BCUT2D eigenvalue weighted by atomic mass is 10.0. The fraction of sp³-hybridized carbons (Fsp3) is 0.100. The molecule has 206 valence electrons. The van der Waals surface area contributed by atoms with Crippen LogP contribution in [0.3, 0.4) is 0 Å². The maximum absolute atomic E-state index is 2.45. The highest BCUT2D eigenvalue weighted by molar-refractivity contribution is 7.25. The van der Waals surface area contributed by atoms with Gasteiger partial charge in [-0.25, -0.2) is 0 Å². The standard InChI is InChI=1S/C40H30N2S/c1-25(2)21-26-15-18-38-32(22-26)31-11-5-8-14-37(31)42(38)28-17-20-40-34(24-28)33-23-27(16-19-39(33)43-40)41-35-12-6-3-9-29(35)30-10-4-7-13-36(30)41/h3-20,22-25H,21H2,1-2H3. The Hall–Kier alpha value is -4.86. The smallest absolute Gasteiger partial charge is 0.0541 e. The third kappa shape index (κ3) is 3.71. The second-order valence-electron chi connectivity index (χ2n) is 12.1. The Bertz CT molecular complexity index is 2470. The van der Waals surface area contributed by atoms with Gasteiger partial charge in [-0.15, -0.1) is 11.3 Å². The number of hydrogen-bond donors (Lipinski definition) is 0. The molecule has 0 aliphatic rings. The summed E-state index contributed by atoms with van der Waals surface area (Å²) in [6.45, 7) is 4.58. The van der Waals surface area contributed by atoms with Crippen LogP contribution in [0.4, 0.5) is 0 Å². The van der Waals surface area contributed by atoms with Crippen molar-refractivity contribution in [2.24, 2.45) is 5.92 Å². The van der Waals surface area contributed by atoms with Crippen LogP contribution in [0.2, 0.25) is 0 Å². The second-order valence-corrected chi connectivity index (χ2v) is 13.2. The average molecular weight is 571 g/mol. The molecule has 0 saturated carbocycles. The van der Waals surface area contributed by atoms with Gasteiger partial charge in [0.15, 0.2) is 0 Å². The van der Waals surface area contributed by atoms with Crippen LogP contribution < -0.4 is 0 Å². The Morgan fingerprint density at radius 1 is 0.465 bits per heavy atom. The van der Waals surface area contributed by atoms with Crippen LogP contribution in [0.5, 0.6) is 0 Å². The fourth-order valence-corrected chi connectivity index (χ4v) is 8.20. The molecule has 9 rings (SSSR count). The summed E-state index contributed by atoms with van der Waals surface area (Å²) in [5.41, 5.74) is 8.81. The van der Waals surface area contributed by atoms with E-state index < -0.39 is 0 Å². The molecule has 0 atom stereocenters. The Balaban J connectivity index is 1.28. The van der Waals surface area contributed by atoms with Gasteiger partial charge in [-0.05, 0) is 84.6 Å². The van der Waals surface area contributed by atoms with Gasteiger partial charge in [0.2, 0.25) is 0 Å². The number of para-hydroxylation sites is 3. The zero-order valence-electron chi connectivity index (χ0n) is 24.2. The van der Waals surface area contributed by atoms with E-state index >= 15 is 0 Å². The minimum Gasteiger partial charge on any atom is -0.309 e. The minimum absolute atomic E-state index is 0.632. The Labute approximate surface area is 254 Å². The van der Waals surface area contributed by atoms with Crippen LogP contribution in [-0.4, -0.2) is 9.13 Å². The molecule has 0 aliphatic carbocycles. The Morgan fingerprint density at radius 3 is 1.44 bits per heavy atom. The molecule has 0 radical (unpaired) electrons. The normalized spacial score (nSPS) is 12.3. The zero-order chi connectivity index (χ0) is 28.7. The van der Waals surface area contributed by atoms with E-state index in [0.29, 0.717) is 5.92 Å². The van der Waals surface area contributed by atoms with E-state index in [-0.39, 0.29) is 0 Å². The van der Waals surface area contributed by atoms with Gasteiger partial charge < -0.3 is 9.13 Å². The van der Waals surface area contributed by atoms with Gasteiger partial charge in [0.1, 0.15) is 0 Å². The highest BCUT2D eigenvalue weighted by atomic mass is 32.1. The van der Waals surface area contributed by atoms with Crippen LogP contribution >= 0.6 is 11.3 Å². The molecule has 2 nitrogen and oxygen atoms in total. The predicted octanol–water partition coefficient (Wildman–Crippen LogP) is 11.4. The summed E-state index contributed by atoms with van der Waals surface area (Å²) in [5.74, 6) is 0.632. The third-order valence-corrected chi connectivity index (χ3v) is 10.1. The number of aromatic nitrogens is 2. The number of rotatable bonds is 4. The molecule has 0 bridgehead atoms. The van der Waals surface area contributed by atoms with Crippen molar-refractivity contribution in [3.8, 4) is 11.4 Å². The number of benzene rings is 6. The van der Waals surface area contributed by atoms with E-state index in [4.69, 9.17) is 0 Å². The van der Waals surface area contributed by atoms with Crippen LogP contribution in [0.15, 0.2) is 127 Å². The van der Waals surface area contributed by atoms with Gasteiger partial charge in [0, 0.05) is 53.1 Å². The zero-order valence-corrected chi connectivity index (χ0v) is 25.0. The quantitative estimate of drug-likeness (QED) is 0.199. The molecule has 6 aromatic carbocycles. The first-order chi connectivity index (χ1) is 21.1. The minimum atomic E-state index is 0.632. The van der Waals surface area contributed by atoms with Crippen molar-refractivity contribution in [3.63, 3.8) is 0 Å². The molecule has 3 aromatic heterocycles. The monoisotopic (exact) mass is 570 g/mol. The lowest BCUT2D eigenvalue weighted by molar-refractivity contribution is 0.648. The van der Waals surface area contributed by atoms with Crippen LogP contribution in [-0.2, 0) is 6.42 Å². The van der Waals surface area contributed by atoms with Crippen molar-refractivity contribution in [3.05, 3.63) is 133 Å². The Kier molecular flexibility index (Phi) is 5.36. The van der Waals surface area contributed by atoms with Gasteiger partial charge in [-0.3, -0.25) is 0 Å². The summed E-state index contributed by atoms with van der Waals surface area (Å²) in [5, 5.41) is 7.84. The van der Waals surface area contributed by atoms with E-state index in [0.717, 1.165) is 6.42 Å². The summed E-state index contributed by atoms with van der Waals surface area (Å²) in [4.78, 5) is 0. The molecule has 3 heterocycles. The second kappa shape index (κ2) is 9.32. The predicted molar refractivity (Wildman–Crippen MR) is 187 cm³/mol. The molecule has 0 saturated heterocycles. The van der Waals surface area contributed by atoms with E-state index in [1.807, 2.05) is 11.3 Å². The maximum atomic E-state index is 2.45. The van der Waals surface area contributed by atoms with Gasteiger partial charge in [0.05, 0.1) is 22.1 Å². The van der Waals surface area contributed by atoms with Gasteiger partial charge >= 0.3 is 0 Å². The van der Waals surface area contributed by atoms with Crippen LogP contribution in [0.1, 0.15) is 19.4 Å². The highest BCUT2D eigenvalue weighted by Gasteiger charge is 2.16. The van der Waals surface area contributed by atoms with Crippen molar-refractivity contribution >= 4 is 75.1 Å². The molecule has 0 N–H and O–H groups in total. The number of nitrogens with zero attached hydrogens (tertiary/aromatic N) is 2. The van der Waals surface area contributed by atoms with Gasteiger partial charge in [0.25, 0.3) is 0 Å². The summed E-state index contributed by atoms with van der Waals surface area (Å²) in [6.07, 6.45) is 1.09. The number of fused-ring (bicyclic) bond motifs is 9. The molecule has 0 unspecified atom stereocenters. The first kappa shape index (κ1) is 24.7. The largest absolute Gasteiger partial charge is 0.309 e. The molecule has 3 heteroatoms. The van der Waals surface area contributed by atoms with E-state index in [2.05, 4.69) is 150 Å². The van der Waals surface area contributed by atoms with Crippen molar-refractivity contribution in [2.45, 2.75) is 20.3 Å². The lowest BCUT2D eigenvalue weighted by Gasteiger charge is -2.10. The SMILES string of the molecule is CC(C)Cc1ccc2c(c1)c1ccccc1n2-c1ccc2sc3ccc(-n4c5ccccc5c5ccccc54)cc3c2c1. The number of thiophene rings is 1. The van der Waals surface area contributed by atoms with Crippen LogP contribution in [0, 0.1) is 5.92 Å². The summed E-state index contributed by atoms with van der Waals surface area (Å²) >= 11 is 1.88. The molecule has 43 heavy (non-hydrogen) atoms. The molecular weight excluding hydrogens is 541 g/mol. The van der Waals surface area contributed by atoms with E-state index in [1.54, 1.807) is 0 Å². The van der Waals surface area contributed by atoms with Crippen molar-refractivity contribution in [1.82, 2.24) is 9.13 Å². The van der Waals surface area contributed by atoms with Gasteiger partial charge in [-0.1, -0.05) is 74.5 Å². The van der Waals surface area contributed by atoms with Crippen molar-refractivity contribution in [1.29, 1.82) is 0 Å². The van der Waals surface area contributed by atoms with Crippen LogP contribution in [0.25, 0.3) is 75.2 Å². The van der Waals surface area contributed by atoms with Crippen molar-refractivity contribution in [2.75, 3.05) is 0 Å². The van der Waals surface area contributed by atoms with Crippen molar-refractivity contribution < 1.29 is 0 Å². The third-order valence-electron chi connectivity index (χ3n) is 8.91. The fourth-order valence-electron chi connectivity index (χ4n) is 7.13. The summed E-state index contributed by atoms with van der Waals surface area (Å²) in [6, 6.07) is 47.3. The molecule has 0 amide bonds. The molecular formula is C40H30N2S. The first-order valence-electron chi connectivity index (χ1n) is 15.1. The van der Waals surface area contributed by atoms with Gasteiger partial charge in [-0.2, -0.15) is 0 Å². The van der Waals surface area contributed by atoms with E-state index in [1.165, 1.54) is 80.7 Å². The first-order valence-corrected chi connectivity index (χ1v) is 15.9. The summed E-state index contributed by atoms with van der Waals surface area (Å²) in [7, 11) is 0. The molecule has 9 aromatic rings. The molecule has 0 spiro atoms. The maximum Gasteiger partial charge on any atom is 0.0541 e. The Morgan fingerprint density at radius 2 is 0.930 bits per heavy atom. The molecule has 0 aliphatic heterocycles. The van der Waals surface area contributed by atoms with E-state index in [9.17, 15) is 0 Å². The lowest BCUT2D eigenvalue weighted by Crippen LogP contribution is -1.95. The number of hydrogen-bond acceptors (Lipinski definition) is 1. The average Bonchev–Trinajstić information content (AvgIpc) is 3.68.